The SMILES string of the molecule is CCOc1ccc2ccccc2c1CNc1ccc(N2CCOCC2)c(Cl)c1. The van der Waals surface area contributed by atoms with Gasteiger partial charge in [0.05, 0.1) is 30.5 Å². The molecule has 28 heavy (non-hydrogen) atoms. The number of ether oxygens (including phenoxy) is 2. The van der Waals surface area contributed by atoms with Crippen LogP contribution in [0.25, 0.3) is 10.8 Å². The number of rotatable bonds is 6. The summed E-state index contributed by atoms with van der Waals surface area (Å²) in [5.41, 5.74) is 3.22. The monoisotopic (exact) mass is 396 g/mol. The number of anilines is 2. The zero-order chi connectivity index (χ0) is 19.3. The van der Waals surface area contributed by atoms with Crippen LogP contribution in [-0.4, -0.2) is 32.9 Å². The second-order valence-electron chi connectivity index (χ2n) is 6.82. The first-order valence-electron chi connectivity index (χ1n) is 9.76. The smallest absolute Gasteiger partial charge is 0.124 e. The third kappa shape index (κ3) is 4.03. The fraction of sp³-hybridized carbons (Fsp3) is 0.304. The standard InChI is InChI=1S/C23H25ClN2O2/c1-2-28-23-10-7-17-5-3-4-6-19(17)20(23)16-25-18-8-9-22(21(24)15-18)26-11-13-27-14-12-26/h3-10,15,25H,2,11-14,16H2,1H3. The molecule has 4 rings (SSSR count). The van der Waals surface area contributed by atoms with Gasteiger partial charge in [-0.25, -0.2) is 0 Å². The van der Waals surface area contributed by atoms with Crippen molar-refractivity contribution >= 4 is 33.7 Å². The van der Waals surface area contributed by atoms with Gasteiger partial charge in [-0.1, -0.05) is 41.9 Å². The quantitative estimate of drug-likeness (QED) is 0.609. The second-order valence-corrected chi connectivity index (χ2v) is 7.22. The highest BCUT2D eigenvalue weighted by atomic mass is 35.5. The Morgan fingerprint density at radius 2 is 1.89 bits per heavy atom. The van der Waals surface area contributed by atoms with Gasteiger partial charge in [0.15, 0.2) is 0 Å². The molecule has 0 aliphatic carbocycles. The molecule has 1 N–H and O–H groups in total. The first kappa shape index (κ1) is 18.9. The number of morpholine rings is 1. The highest BCUT2D eigenvalue weighted by Gasteiger charge is 2.15. The van der Waals surface area contributed by atoms with Crippen LogP contribution in [0.15, 0.2) is 54.6 Å². The van der Waals surface area contributed by atoms with Crippen molar-refractivity contribution in [1.82, 2.24) is 0 Å². The van der Waals surface area contributed by atoms with E-state index in [-0.39, 0.29) is 0 Å². The first-order valence-corrected chi connectivity index (χ1v) is 10.1. The molecule has 1 saturated heterocycles. The molecule has 1 aliphatic rings. The number of benzene rings is 3. The Balaban J connectivity index is 1.56. The van der Waals surface area contributed by atoms with E-state index in [0.717, 1.165) is 54.0 Å². The lowest BCUT2D eigenvalue weighted by Crippen LogP contribution is -2.36. The average Bonchev–Trinajstić information content (AvgIpc) is 2.74. The van der Waals surface area contributed by atoms with E-state index in [0.29, 0.717) is 13.2 Å². The van der Waals surface area contributed by atoms with Gasteiger partial charge in [-0.3, -0.25) is 0 Å². The Bertz CT molecular complexity index is 954. The lowest BCUT2D eigenvalue weighted by Gasteiger charge is -2.29. The number of nitrogens with one attached hydrogen (secondary N) is 1. The molecule has 0 amide bonds. The molecule has 1 heterocycles. The van der Waals surface area contributed by atoms with Gasteiger partial charge >= 0.3 is 0 Å². The summed E-state index contributed by atoms with van der Waals surface area (Å²) in [7, 11) is 0. The van der Waals surface area contributed by atoms with E-state index in [1.165, 1.54) is 10.8 Å². The van der Waals surface area contributed by atoms with Gasteiger partial charge in [-0.2, -0.15) is 0 Å². The average molecular weight is 397 g/mol. The molecule has 146 valence electrons. The molecule has 0 saturated carbocycles. The Labute approximate surface area is 171 Å². The van der Waals surface area contributed by atoms with Gasteiger partial charge in [-0.05, 0) is 42.0 Å². The van der Waals surface area contributed by atoms with Crippen LogP contribution in [0.3, 0.4) is 0 Å². The molecule has 0 unspecified atom stereocenters. The zero-order valence-electron chi connectivity index (χ0n) is 16.1. The molecule has 0 spiro atoms. The summed E-state index contributed by atoms with van der Waals surface area (Å²) in [6, 6.07) is 18.7. The molecular weight excluding hydrogens is 372 g/mol. The van der Waals surface area contributed by atoms with Crippen LogP contribution >= 0.6 is 11.6 Å². The van der Waals surface area contributed by atoms with Crippen molar-refractivity contribution < 1.29 is 9.47 Å². The predicted octanol–water partition coefficient (Wildman–Crippen LogP) is 5.34. The minimum Gasteiger partial charge on any atom is -0.494 e. The molecule has 4 nitrogen and oxygen atoms in total. The van der Waals surface area contributed by atoms with Crippen LogP contribution in [0.1, 0.15) is 12.5 Å². The van der Waals surface area contributed by atoms with Crippen LogP contribution in [0, 0.1) is 0 Å². The van der Waals surface area contributed by atoms with Gasteiger partial charge in [0, 0.05) is 30.9 Å². The van der Waals surface area contributed by atoms with Crippen molar-refractivity contribution in [3.05, 3.63) is 65.2 Å². The molecule has 3 aromatic carbocycles. The largest absolute Gasteiger partial charge is 0.494 e. The number of hydrogen-bond donors (Lipinski definition) is 1. The van der Waals surface area contributed by atoms with Crippen molar-refractivity contribution in [2.45, 2.75) is 13.5 Å². The number of nitrogens with zero attached hydrogens (tertiary/aromatic N) is 1. The highest BCUT2D eigenvalue weighted by Crippen LogP contribution is 2.32. The molecule has 0 bridgehead atoms. The van der Waals surface area contributed by atoms with Gasteiger partial charge in [0.1, 0.15) is 5.75 Å². The molecular formula is C23H25ClN2O2. The third-order valence-electron chi connectivity index (χ3n) is 5.07. The van der Waals surface area contributed by atoms with E-state index in [9.17, 15) is 0 Å². The molecule has 5 heteroatoms. The minimum atomic E-state index is 0.644. The van der Waals surface area contributed by atoms with Gasteiger partial charge in [-0.15, -0.1) is 0 Å². The Hall–Kier alpha value is -2.43. The fourth-order valence-electron chi connectivity index (χ4n) is 3.66. The van der Waals surface area contributed by atoms with Crippen molar-refractivity contribution in [2.75, 3.05) is 43.1 Å². The minimum absolute atomic E-state index is 0.644. The summed E-state index contributed by atoms with van der Waals surface area (Å²) in [6.45, 7) is 6.57. The van der Waals surface area contributed by atoms with Crippen molar-refractivity contribution in [3.63, 3.8) is 0 Å². The van der Waals surface area contributed by atoms with Crippen LogP contribution in [-0.2, 0) is 11.3 Å². The number of halogens is 1. The maximum atomic E-state index is 6.57. The van der Waals surface area contributed by atoms with Gasteiger partial charge < -0.3 is 19.7 Å². The molecule has 3 aromatic rings. The predicted molar refractivity (Wildman–Crippen MR) is 117 cm³/mol. The molecule has 0 atom stereocenters. The van der Waals surface area contributed by atoms with Gasteiger partial charge in [0.2, 0.25) is 0 Å². The Morgan fingerprint density at radius 3 is 2.68 bits per heavy atom. The van der Waals surface area contributed by atoms with E-state index in [2.05, 4.69) is 58.7 Å². The summed E-state index contributed by atoms with van der Waals surface area (Å²) in [5, 5.41) is 6.69. The molecule has 1 fully saturated rings. The van der Waals surface area contributed by atoms with E-state index in [1.54, 1.807) is 0 Å². The van der Waals surface area contributed by atoms with Crippen LogP contribution in [0.2, 0.25) is 5.02 Å². The van der Waals surface area contributed by atoms with Gasteiger partial charge in [0.25, 0.3) is 0 Å². The summed E-state index contributed by atoms with van der Waals surface area (Å²) in [4.78, 5) is 2.27. The fourth-order valence-corrected chi connectivity index (χ4v) is 3.96. The normalized spacial score (nSPS) is 14.3. The van der Waals surface area contributed by atoms with Crippen molar-refractivity contribution in [3.8, 4) is 5.75 Å². The van der Waals surface area contributed by atoms with E-state index in [1.807, 2.05) is 13.0 Å². The topological polar surface area (TPSA) is 33.7 Å². The second kappa shape index (κ2) is 8.72. The summed E-state index contributed by atoms with van der Waals surface area (Å²) < 4.78 is 11.3. The zero-order valence-corrected chi connectivity index (χ0v) is 16.8. The maximum absolute atomic E-state index is 6.57. The lowest BCUT2D eigenvalue weighted by atomic mass is 10.0. The van der Waals surface area contributed by atoms with Crippen molar-refractivity contribution in [2.24, 2.45) is 0 Å². The lowest BCUT2D eigenvalue weighted by molar-refractivity contribution is 0.122. The van der Waals surface area contributed by atoms with Crippen LogP contribution in [0.4, 0.5) is 11.4 Å². The summed E-state index contributed by atoms with van der Waals surface area (Å²) >= 11 is 6.57. The van der Waals surface area contributed by atoms with E-state index < -0.39 is 0 Å². The van der Waals surface area contributed by atoms with Crippen LogP contribution in [0.5, 0.6) is 5.75 Å². The first-order chi connectivity index (χ1) is 13.8. The van der Waals surface area contributed by atoms with E-state index in [4.69, 9.17) is 21.1 Å². The molecule has 0 radical (unpaired) electrons. The maximum Gasteiger partial charge on any atom is 0.124 e. The number of fused-ring (bicyclic) bond motifs is 1. The Morgan fingerprint density at radius 1 is 1.07 bits per heavy atom. The van der Waals surface area contributed by atoms with E-state index >= 15 is 0 Å². The molecule has 1 aliphatic heterocycles. The van der Waals surface area contributed by atoms with Crippen LogP contribution < -0.4 is 15.0 Å². The molecule has 0 aromatic heterocycles. The number of hydrogen-bond acceptors (Lipinski definition) is 4. The summed E-state index contributed by atoms with van der Waals surface area (Å²) in [6.07, 6.45) is 0. The van der Waals surface area contributed by atoms with Crippen molar-refractivity contribution in [1.29, 1.82) is 0 Å². The Kier molecular flexibility index (Phi) is 5.89. The highest BCUT2D eigenvalue weighted by molar-refractivity contribution is 6.33. The third-order valence-corrected chi connectivity index (χ3v) is 5.37. The summed E-state index contributed by atoms with van der Waals surface area (Å²) in [5.74, 6) is 0.921.